The highest BCUT2D eigenvalue weighted by molar-refractivity contribution is 5.90. The standard InChI is InChI=1S/C19H26N2O6/c1-4-27-16(23)10-12(2)17(19(25)26)21-18(24)15(20-13(3)22)11-14-8-6-5-7-9-14/h5-9,12,15,17H,4,10-11H2,1-3H3,(H,20,22)(H,21,24)(H,25,26)/t12-,15+,17+/m0/s1. The van der Waals surface area contributed by atoms with Gasteiger partial charge in [0.1, 0.15) is 12.1 Å². The number of carbonyl (C=O) groups excluding carboxylic acids is 3. The molecule has 8 nitrogen and oxygen atoms in total. The second-order valence-corrected chi connectivity index (χ2v) is 6.25. The van der Waals surface area contributed by atoms with E-state index in [0.717, 1.165) is 5.56 Å². The fourth-order valence-corrected chi connectivity index (χ4v) is 2.61. The average Bonchev–Trinajstić information content (AvgIpc) is 2.59. The van der Waals surface area contributed by atoms with Crippen LogP contribution in [0.3, 0.4) is 0 Å². The first-order chi connectivity index (χ1) is 12.7. The maximum Gasteiger partial charge on any atom is 0.326 e. The van der Waals surface area contributed by atoms with Crippen LogP contribution in [0.15, 0.2) is 30.3 Å². The molecule has 0 radical (unpaired) electrons. The first kappa shape index (κ1) is 22.1. The monoisotopic (exact) mass is 378 g/mol. The maximum absolute atomic E-state index is 12.6. The Morgan fingerprint density at radius 2 is 1.74 bits per heavy atom. The Kier molecular flexibility index (Phi) is 8.98. The second kappa shape index (κ2) is 10.9. The van der Waals surface area contributed by atoms with Gasteiger partial charge in [0.05, 0.1) is 13.0 Å². The molecule has 8 heteroatoms. The SMILES string of the molecule is CCOC(=O)C[C@H](C)[C@@H](NC(=O)[C@@H](Cc1ccccc1)NC(C)=O)C(=O)O. The molecule has 0 heterocycles. The highest BCUT2D eigenvalue weighted by Crippen LogP contribution is 2.11. The molecule has 0 aliphatic heterocycles. The van der Waals surface area contributed by atoms with Crippen molar-refractivity contribution in [3.63, 3.8) is 0 Å². The van der Waals surface area contributed by atoms with Gasteiger partial charge in [0.25, 0.3) is 0 Å². The summed E-state index contributed by atoms with van der Waals surface area (Å²) >= 11 is 0. The molecule has 0 spiro atoms. The Balaban J connectivity index is 2.86. The molecule has 0 aromatic heterocycles. The minimum absolute atomic E-state index is 0.144. The summed E-state index contributed by atoms with van der Waals surface area (Å²) in [6.07, 6.45) is 0.0689. The summed E-state index contributed by atoms with van der Waals surface area (Å²) in [7, 11) is 0. The normalized spacial score (nSPS) is 13.7. The van der Waals surface area contributed by atoms with Crippen LogP contribution in [-0.2, 0) is 30.3 Å². The molecular weight excluding hydrogens is 352 g/mol. The average molecular weight is 378 g/mol. The van der Waals surface area contributed by atoms with Gasteiger partial charge in [-0.1, -0.05) is 37.3 Å². The van der Waals surface area contributed by atoms with Crippen LogP contribution in [-0.4, -0.2) is 47.6 Å². The highest BCUT2D eigenvalue weighted by Gasteiger charge is 2.31. The van der Waals surface area contributed by atoms with Crippen LogP contribution in [0.5, 0.6) is 0 Å². The van der Waals surface area contributed by atoms with E-state index >= 15 is 0 Å². The van der Waals surface area contributed by atoms with E-state index in [0.29, 0.717) is 0 Å². The van der Waals surface area contributed by atoms with Gasteiger partial charge < -0.3 is 20.5 Å². The van der Waals surface area contributed by atoms with Gasteiger partial charge in [-0.2, -0.15) is 0 Å². The van der Waals surface area contributed by atoms with Crippen molar-refractivity contribution < 1.29 is 29.0 Å². The third-order valence-electron chi connectivity index (χ3n) is 3.90. The second-order valence-electron chi connectivity index (χ2n) is 6.25. The van der Waals surface area contributed by atoms with Crippen molar-refractivity contribution >= 4 is 23.8 Å². The smallest absolute Gasteiger partial charge is 0.326 e. The zero-order valence-electron chi connectivity index (χ0n) is 15.7. The fraction of sp³-hybridized carbons (Fsp3) is 0.474. The molecule has 148 valence electrons. The number of ether oxygens (including phenoxy) is 1. The number of hydrogen-bond acceptors (Lipinski definition) is 5. The molecule has 3 atom stereocenters. The summed E-state index contributed by atoms with van der Waals surface area (Å²) < 4.78 is 4.82. The number of carboxylic acids is 1. The maximum atomic E-state index is 12.6. The highest BCUT2D eigenvalue weighted by atomic mass is 16.5. The predicted molar refractivity (Wildman–Crippen MR) is 97.7 cm³/mol. The number of carbonyl (C=O) groups is 4. The van der Waals surface area contributed by atoms with Crippen LogP contribution in [0.2, 0.25) is 0 Å². The van der Waals surface area contributed by atoms with E-state index in [-0.39, 0.29) is 19.4 Å². The van der Waals surface area contributed by atoms with Crippen LogP contribution in [0.1, 0.15) is 32.8 Å². The summed E-state index contributed by atoms with van der Waals surface area (Å²) in [5, 5.41) is 14.4. The van der Waals surface area contributed by atoms with Crippen LogP contribution in [0.25, 0.3) is 0 Å². The molecule has 0 fully saturated rings. The van der Waals surface area contributed by atoms with Gasteiger partial charge in [-0.3, -0.25) is 14.4 Å². The van der Waals surface area contributed by atoms with Gasteiger partial charge in [0, 0.05) is 13.3 Å². The molecule has 3 N–H and O–H groups in total. The number of esters is 1. The zero-order chi connectivity index (χ0) is 20.4. The summed E-state index contributed by atoms with van der Waals surface area (Å²) in [6.45, 7) is 4.67. The van der Waals surface area contributed by atoms with Crippen LogP contribution < -0.4 is 10.6 Å². The minimum atomic E-state index is -1.28. The van der Waals surface area contributed by atoms with Gasteiger partial charge in [0.15, 0.2) is 0 Å². The minimum Gasteiger partial charge on any atom is -0.480 e. The van der Waals surface area contributed by atoms with Crippen molar-refractivity contribution in [2.45, 2.75) is 45.7 Å². The Hall–Kier alpha value is -2.90. The van der Waals surface area contributed by atoms with Crippen molar-refractivity contribution in [2.75, 3.05) is 6.61 Å². The molecule has 27 heavy (non-hydrogen) atoms. The third-order valence-corrected chi connectivity index (χ3v) is 3.90. The zero-order valence-corrected chi connectivity index (χ0v) is 15.7. The van der Waals surface area contributed by atoms with E-state index < -0.39 is 41.8 Å². The topological polar surface area (TPSA) is 122 Å². The van der Waals surface area contributed by atoms with E-state index in [4.69, 9.17) is 4.74 Å². The van der Waals surface area contributed by atoms with Crippen molar-refractivity contribution in [1.82, 2.24) is 10.6 Å². The molecule has 0 aliphatic carbocycles. The number of amides is 2. The summed E-state index contributed by atoms with van der Waals surface area (Å²) in [4.78, 5) is 47.2. The molecule has 1 aromatic carbocycles. The number of hydrogen-bond donors (Lipinski definition) is 3. The van der Waals surface area contributed by atoms with Gasteiger partial charge in [-0.05, 0) is 18.4 Å². The number of aliphatic carboxylic acids is 1. The van der Waals surface area contributed by atoms with Crippen molar-refractivity contribution in [1.29, 1.82) is 0 Å². The van der Waals surface area contributed by atoms with Crippen LogP contribution >= 0.6 is 0 Å². The number of benzene rings is 1. The van der Waals surface area contributed by atoms with Crippen molar-refractivity contribution in [3.05, 3.63) is 35.9 Å². The molecule has 1 aromatic rings. The van der Waals surface area contributed by atoms with Crippen molar-refractivity contribution in [3.8, 4) is 0 Å². The molecular formula is C19H26N2O6. The molecule has 0 saturated carbocycles. The first-order valence-corrected chi connectivity index (χ1v) is 8.74. The Bertz CT molecular complexity index is 661. The van der Waals surface area contributed by atoms with E-state index in [1.165, 1.54) is 6.92 Å². The Morgan fingerprint density at radius 3 is 2.26 bits per heavy atom. The van der Waals surface area contributed by atoms with Gasteiger partial charge >= 0.3 is 11.9 Å². The molecule has 0 unspecified atom stereocenters. The number of carboxylic acid groups (broad SMARTS) is 1. The summed E-state index contributed by atoms with van der Waals surface area (Å²) in [5.41, 5.74) is 0.817. The molecule has 1 rings (SSSR count). The molecule has 0 bridgehead atoms. The first-order valence-electron chi connectivity index (χ1n) is 8.74. The molecule has 2 amide bonds. The number of nitrogens with one attached hydrogen (secondary N) is 2. The Morgan fingerprint density at radius 1 is 1.11 bits per heavy atom. The third kappa shape index (κ3) is 7.89. The predicted octanol–water partition coefficient (Wildman–Crippen LogP) is 0.893. The van der Waals surface area contributed by atoms with Crippen LogP contribution in [0.4, 0.5) is 0 Å². The fourth-order valence-electron chi connectivity index (χ4n) is 2.61. The van der Waals surface area contributed by atoms with E-state index in [9.17, 15) is 24.3 Å². The Labute approximate surface area is 158 Å². The lowest BCUT2D eigenvalue weighted by Crippen LogP contribution is -2.54. The summed E-state index contributed by atoms with van der Waals surface area (Å²) in [5.74, 6) is -3.51. The van der Waals surface area contributed by atoms with Crippen LogP contribution in [0, 0.1) is 5.92 Å². The van der Waals surface area contributed by atoms with E-state index in [1.807, 2.05) is 6.07 Å². The van der Waals surface area contributed by atoms with Gasteiger partial charge in [-0.15, -0.1) is 0 Å². The van der Waals surface area contributed by atoms with Gasteiger partial charge in [-0.25, -0.2) is 4.79 Å². The van der Waals surface area contributed by atoms with E-state index in [2.05, 4.69) is 10.6 Å². The lowest BCUT2D eigenvalue weighted by atomic mass is 9.97. The van der Waals surface area contributed by atoms with Gasteiger partial charge in [0.2, 0.25) is 11.8 Å². The van der Waals surface area contributed by atoms with E-state index in [1.54, 1.807) is 38.1 Å². The lowest BCUT2D eigenvalue weighted by Gasteiger charge is -2.24. The largest absolute Gasteiger partial charge is 0.480 e. The molecule has 0 aliphatic rings. The van der Waals surface area contributed by atoms with Crippen molar-refractivity contribution in [2.24, 2.45) is 5.92 Å². The summed E-state index contributed by atoms with van der Waals surface area (Å²) in [6, 6.07) is 6.84. The molecule has 0 saturated heterocycles. The lowest BCUT2D eigenvalue weighted by molar-refractivity contribution is -0.147. The quantitative estimate of drug-likeness (QED) is 0.520. The number of rotatable bonds is 10.